The lowest BCUT2D eigenvalue weighted by atomic mass is 9.91. The Morgan fingerprint density at radius 2 is 2.00 bits per heavy atom. The molecular weight excluding hydrogens is 280 g/mol. The van der Waals surface area contributed by atoms with Crippen LogP contribution in [0.3, 0.4) is 0 Å². The van der Waals surface area contributed by atoms with E-state index in [1.54, 1.807) is 13.0 Å². The number of carbonyl (C=O) groups excluding carboxylic acids is 1. The molecule has 0 aliphatic heterocycles. The number of nitrogens with zero attached hydrogens (tertiary/aromatic N) is 3. The molecule has 20 heavy (non-hydrogen) atoms. The fourth-order valence-electron chi connectivity index (χ4n) is 1.53. The van der Waals surface area contributed by atoms with Crippen molar-refractivity contribution in [2.45, 2.75) is 33.1 Å². The third kappa shape index (κ3) is 3.33. The van der Waals surface area contributed by atoms with Crippen molar-refractivity contribution in [3.05, 3.63) is 34.4 Å². The zero-order chi connectivity index (χ0) is 14.9. The summed E-state index contributed by atoms with van der Waals surface area (Å²) >= 11 is 5.96. The summed E-state index contributed by atoms with van der Waals surface area (Å²) in [5, 5.41) is 6.39. The summed E-state index contributed by atoms with van der Waals surface area (Å²) in [5.74, 6) is 0.0758. The van der Waals surface area contributed by atoms with E-state index >= 15 is 0 Å². The highest BCUT2D eigenvalue weighted by atomic mass is 35.5. The van der Waals surface area contributed by atoms with Crippen molar-refractivity contribution in [3.63, 3.8) is 0 Å². The first-order valence-corrected chi connectivity index (χ1v) is 6.43. The molecule has 0 spiro atoms. The molecular formula is C13H15ClN4O2. The van der Waals surface area contributed by atoms with Gasteiger partial charge in [-0.2, -0.15) is 4.98 Å². The molecule has 1 N–H and O–H groups in total. The summed E-state index contributed by atoms with van der Waals surface area (Å²) in [4.78, 5) is 20.3. The first-order chi connectivity index (χ1) is 9.25. The topological polar surface area (TPSA) is 80.9 Å². The average molecular weight is 295 g/mol. The van der Waals surface area contributed by atoms with Crippen LogP contribution >= 0.6 is 11.6 Å². The monoisotopic (exact) mass is 294 g/mol. The summed E-state index contributed by atoms with van der Waals surface area (Å²) in [6.07, 6.45) is 0. The van der Waals surface area contributed by atoms with Gasteiger partial charge in [0.1, 0.15) is 5.15 Å². The largest absolute Gasteiger partial charge is 0.328 e. The molecule has 2 aromatic heterocycles. The first-order valence-electron chi connectivity index (χ1n) is 6.05. The van der Waals surface area contributed by atoms with Gasteiger partial charge in [0.05, 0.1) is 0 Å². The molecule has 0 aromatic carbocycles. The van der Waals surface area contributed by atoms with E-state index in [9.17, 15) is 4.79 Å². The van der Waals surface area contributed by atoms with Crippen molar-refractivity contribution < 1.29 is 9.32 Å². The Balaban J connectivity index is 2.28. The number of rotatable bonds is 2. The predicted molar refractivity (Wildman–Crippen MR) is 74.9 cm³/mol. The highest BCUT2D eigenvalue weighted by Crippen LogP contribution is 2.23. The number of nitrogens with one attached hydrogen (secondary N) is 1. The fraction of sp³-hybridized carbons (Fsp3) is 0.385. The Hall–Kier alpha value is -1.95. The molecule has 2 heterocycles. The first kappa shape index (κ1) is 14.5. The Morgan fingerprint density at radius 3 is 2.55 bits per heavy atom. The smallest absolute Gasteiger partial charge is 0.315 e. The van der Waals surface area contributed by atoms with E-state index in [4.69, 9.17) is 16.1 Å². The van der Waals surface area contributed by atoms with Gasteiger partial charge in [0.15, 0.2) is 5.82 Å². The van der Waals surface area contributed by atoms with Gasteiger partial charge in [0.25, 0.3) is 5.91 Å². The third-order valence-electron chi connectivity index (χ3n) is 2.57. The molecule has 0 aliphatic rings. The van der Waals surface area contributed by atoms with E-state index in [2.05, 4.69) is 20.4 Å². The maximum Gasteiger partial charge on any atom is 0.328 e. The zero-order valence-corrected chi connectivity index (χ0v) is 12.4. The number of halogens is 1. The molecule has 1 amide bonds. The highest BCUT2D eigenvalue weighted by molar-refractivity contribution is 6.29. The molecule has 106 valence electrons. The summed E-state index contributed by atoms with van der Waals surface area (Å²) in [6, 6.07) is 3.25. The van der Waals surface area contributed by atoms with E-state index in [1.807, 2.05) is 20.8 Å². The van der Waals surface area contributed by atoms with Crippen molar-refractivity contribution in [1.29, 1.82) is 0 Å². The molecule has 0 saturated carbocycles. The predicted octanol–water partition coefficient (Wildman–Crippen LogP) is 2.98. The van der Waals surface area contributed by atoms with Crippen molar-refractivity contribution >= 4 is 23.5 Å². The van der Waals surface area contributed by atoms with Gasteiger partial charge in [0, 0.05) is 16.7 Å². The van der Waals surface area contributed by atoms with Crippen LogP contribution in [0.1, 0.15) is 42.6 Å². The number of carbonyl (C=O) groups is 1. The Morgan fingerprint density at radius 1 is 1.30 bits per heavy atom. The minimum absolute atomic E-state index is 0.0535. The van der Waals surface area contributed by atoms with E-state index in [0.717, 1.165) is 5.69 Å². The summed E-state index contributed by atoms with van der Waals surface area (Å²) in [7, 11) is 0. The molecule has 0 radical (unpaired) electrons. The quantitative estimate of drug-likeness (QED) is 0.861. The van der Waals surface area contributed by atoms with Crippen LogP contribution in [-0.2, 0) is 5.41 Å². The minimum Gasteiger partial charge on any atom is -0.315 e. The van der Waals surface area contributed by atoms with Crippen LogP contribution in [0.25, 0.3) is 0 Å². The molecule has 2 rings (SSSR count). The van der Waals surface area contributed by atoms with E-state index < -0.39 is 0 Å². The molecule has 0 saturated heterocycles. The fourth-order valence-corrected chi connectivity index (χ4v) is 1.74. The number of amides is 1. The second-order valence-electron chi connectivity index (χ2n) is 5.41. The van der Waals surface area contributed by atoms with Crippen molar-refractivity contribution in [2.24, 2.45) is 0 Å². The lowest BCUT2D eigenvalue weighted by molar-refractivity contribution is 0.102. The molecule has 0 bridgehead atoms. The molecule has 0 unspecified atom stereocenters. The van der Waals surface area contributed by atoms with Crippen LogP contribution in [-0.4, -0.2) is 21.0 Å². The van der Waals surface area contributed by atoms with Gasteiger partial charge in [-0.15, -0.1) is 0 Å². The number of hydrogen-bond acceptors (Lipinski definition) is 5. The standard InChI is InChI=1S/C13H15ClN4O2/c1-7-15-12(20-18-7)17-11(19)8-5-9(13(2,3)4)16-10(14)6-8/h5-6H,1-4H3,(H,15,17,18,19). The number of hydrogen-bond donors (Lipinski definition) is 1. The van der Waals surface area contributed by atoms with Crippen LogP contribution in [0.5, 0.6) is 0 Å². The van der Waals surface area contributed by atoms with Crippen LogP contribution in [0, 0.1) is 6.92 Å². The van der Waals surface area contributed by atoms with Gasteiger partial charge in [-0.1, -0.05) is 37.5 Å². The van der Waals surface area contributed by atoms with Gasteiger partial charge in [-0.05, 0) is 19.1 Å². The minimum atomic E-state index is -0.372. The highest BCUT2D eigenvalue weighted by Gasteiger charge is 2.19. The lowest BCUT2D eigenvalue weighted by Gasteiger charge is -2.18. The average Bonchev–Trinajstić information content (AvgIpc) is 2.72. The van der Waals surface area contributed by atoms with Crippen LogP contribution < -0.4 is 5.32 Å². The maximum atomic E-state index is 12.1. The molecule has 0 fully saturated rings. The number of aryl methyl sites for hydroxylation is 1. The van der Waals surface area contributed by atoms with Gasteiger partial charge in [-0.3, -0.25) is 10.1 Å². The van der Waals surface area contributed by atoms with Crippen molar-refractivity contribution in [3.8, 4) is 0 Å². The Labute approximate surface area is 121 Å². The van der Waals surface area contributed by atoms with E-state index in [1.165, 1.54) is 6.07 Å². The third-order valence-corrected chi connectivity index (χ3v) is 2.77. The molecule has 2 aromatic rings. The van der Waals surface area contributed by atoms with Crippen molar-refractivity contribution in [2.75, 3.05) is 5.32 Å². The van der Waals surface area contributed by atoms with Crippen LogP contribution in [0.4, 0.5) is 6.01 Å². The van der Waals surface area contributed by atoms with Crippen molar-refractivity contribution in [1.82, 2.24) is 15.1 Å². The van der Waals surface area contributed by atoms with Gasteiger partial charge >= 0.3 is 6.01 Å². The molecule has 0 atom stereocenters. The molecule has 7 heteroatoms. The van der Waals surface area contributed by atoms with Crippen LogP contribution in [0.2, 0.25) is 5.15 Å². The number of pyridine rings is 1. The summed E-state index contributed by atoms with van der Waals surface area (Å²) < 4.78 is 4.84. The van der Waals surface area contributed by atoms with Crippen LogP contribution in [0.15, 0.2) is 16.7 Å². The number of anilines is 1. The number of aromatic nitrogens is 3. The second kappa shape index (κ2) is 5.20. The molecule has 6 nitrogen and oxygen atoms in total. The Kier molecular flexibility index (Phi) is 3.76. The van der Waals surface area contributed by atoms with Gasteiger partial charge in [0.2, 0.25) is 0 Å². The van der Waals surface area contributed by atoms with E-state index in [-0.39, 0.29) is 22.5 Å². The SMILES string of the molecule is Cc1noc(NC(=O)c2cc(Cl)nc(C(C)(C)C)c2)n1. The summed E-state index contributed by atoms with van der Waals surface area (Å²) in [5.41, 5.74) is 0.920. The van der Waals surface area contributed by atoms with Gasteiger partial charge in [-0.25, -0.2) is 4.98 Å². The zero-order valence-electron chi connectivity index (χ0n) is 11.7. The lowest BCUT2D eigenvalue weighted by Crippen LogP contribution is -2.17. The maximum absolute atomic E-state index is 12.1. The van der Waals surface area contributed by atoms with Gasteiger partial charge < -0.3 is 4.52 Å². The van der Waals surface area contributed by atoms with E-state index in [0.29, 0.717) is 11.4 Å². The normalized spacial score (nSPS) is 11.4. The Bertz CT molecular complexity index is 646. The molecule has 0 aliphatic carbocycles. The summed E-state index contributed by atoms with van der Waals surface area (Å²) in [6.45, 7) is 7.65. The second-order valence-corrected chi connectivity index (χ2v) is 5.80.